The van der Waals surface area contributed by atoms with E-state index in [1.165, 1.54) is 14.1 Å². The minimum atomic E-state index is -0.689. The van der Waals surface area contributed by atoms with Gasteiger partial charge in [-0.15, -0.1) is 0 Å². The highest BCUT2D eigenvalue weighted by Gasteiger charge is 2.18. The van der Waals surface area contributed by atoms with Crippen LogP contribution in [0.1, 0.15) is 27.2 Å². The van der Waals surface area contributed by atoms with E-state index in [1.54, 1.807) is 49.2 Å². The monoisotopic (exact) mass is 816 g/mol. The number of carbonyl (C=O) groups excluding carboxylic acids is 6. The third-order valence-electron chi connectivity index (χ3n) is 6.98. The van der Waals surface area contributed by atoms with E-state index in [2.05, 4.69) is 16.0 Å². The standard InChI is InChI=1S/C14H28N2O6.C11H21N3O6.C9H19NO4/c1-11(14(15)18)7-21-6-4-5-16-13(17)10-22-9-12(20-3)8-19-2;1-7(9(12)15)4-18-8(5-19-10(16)13-2)6-20-11(17)14-3;1-7(9(10)11)4-14-6-8(13-3)5-12-2/h11-12H,4-10H2,1-3H3,(H2,15,18)(H,16,17);7-8H,4-6H2,1-3H3,(H2,12,15)(H,13,16)(H,14,17);7-8H,4-6H2,1-3H3,(H2,10,11)/t11-,12?;7-;7-,8?/m000/s1. The average Bonchev–Trinajstić information content (AvgIpc) is 3.17. The van der Waals surface area contributed by atoms with Crippen molar-refractivity contribution in [1.29, 1.82) is 0 Å². The van der Waals surface area contributed by atoms with Gasteiger partial charge in [-0.25, -0.2) is 9.59 Å². The number of hydrogen-bond donors (Lipinski definition) is 6. The lowest BCUT2D eigenvalue weighted by molar-refractivity contribution is -0.127. The fourth-order valence-corrected chi connectivity index (χ4v) is 3.27. The Morgan fingerprint density at radius 1 is 0.536 bits per heavy atom. The van der Waals surface area contributed by atoms with Crippen LogP contribution in [0, 0.1) is 17.8 Å². The maximum absolute atomic E-state index is 11.5. The van der Waals surface area contributed by atoms with Crippen LogP contribution in [0.4, 0.5) is 9.59 Å². The molecule has 56 heavy (non-hydrogen) atoms. The SMILES string of the molecule is CNC(=O)OCC(COC(=O)NC)OC[C@H](C)C(N)=O.COCC(COCC(=O)NCCCOC[C@H](C)C(N)=O)OC.COCC(COC[C@H](C)C(N)=O)OC. The van der Waals surface area contributed by atoms with E-state index < -0.39 is 30.1 Å². The highest BCUT2D eigenvalue weighted by atomic mass is 16.6. The van der Waals surface area contributed by atoms with Gasteiger partial charge < -0.3 is 80.5 Å². The number of primary amides is 3. The van der Waals surface area contributed by atoms with Gasteiger partial charge in [0.2, 0.25) is 23.6 Å². The smallest absolute Gasteiger partial charge is 0.406 e. The Labute approximate surface area is 330 Å². The third kappa shape index (κ3) is 35.8. The molecular weight excluding hydrogens is 748 g/mol. The van der Waals surface area contributed by atoms with E-state index in [-0.39, 0.29) is 68.2 Å². The number of nitrogens with two attached hydrogens (primary N) is 3. The number of methoxy groups -OCH3 is 4. The second-order valence-corrected chi connectivity index (χ2v) is 12.0. The van der Waals surface area contributed by atoms with Gasteiger partial charge >= 0.3 is 12.2 Å². The van der Waals surface area contributed by atoms with Crippen LogP contribution in [0.2, 0.25) is 0 Å². The second-order valence-electron chi connectivity index (χ2n) is 12.0. The maximum Gasteiger partial charge on any atom is 0.406 e. The number of rotatable bonds is 30. The molecule has 330 valence electrons. The molecule has 0 bridgehead atoms. The Balaban J connectivity index is -0.000000771. The zero-order valence-corrected chi connectivity index (χ0v) is 34.4. The van der Waals surface area contributed by atoms with Crippen molar-refractivity contribution in [1.82, 2.24) is 16.0 Å². The molecule has 22 nitrogen and oxygen atoms in total. The molecule has 2 unspecified atom stereocenters. The molecular formula is C34H68N6O16. The molecule has 0 aromatic rings. The highest BCUT2D eigenvalue weighted by Crippen LogP contribution is 2.02. The summed E-state index contributed by atoms with van der Waals surface area (Å²) in [4.78, 5) is 65.8. The van der Waals surface area contributed by atoms with Crippen molar-refractivity contribution in [2.24, 2.45) is 35.0 Å². The van der Waals surface area contributed by atoms with E-state index in [0.29, 0.717) is 59.2 Å². The zero-order chi connectivity index (χ0) is 43.3. The molecule has 6 amide bonds. The Hall–Kier alpha value is -3.90. The van der Waals surface area contributed by atoms with Gasteiger partial charge in [-0.2, -0.15) is 0 Å². The summed E-state index contributed by atoms with van der Waals surface area (Å²) in [6.07, 6.45) is -1.59. The van der Waals surface area contributed by atoms with Gasteiger partial charge in [-0.05, 0) is 6.42 Å². The summed E-state index contributed by atoms with van der Waals surface area (Å²) < 4.78 is 50.7. The molecule has 0 aliphatic heterocycles. The first-order chi connectivity index (χ1) is 26.5. The highest BCUT2D eigenvalue weighted by molar-refractivity contribution is 5.77. The average molecular weight is 817 g/mol. The topological polar surface area (TPSA) is 309 Å². The summed E-state index contributed by atoms with van der Waals surface area (Å²) in [5.41, 5.74) is 15.3. The van der Waals surface area contributed by atoms with E-state index in [4.69, 9.17) is 64.6 Å². The molecule has 0 aliphatic rings. The Morgan fingerprint density at radius 3 is 1.38 bits per heavy atom. The summed E-state index contributed by atoms with van der Waals surface area (Å²) in [6.45, 7) is 7.94. The van der Waals surface area contributed by atoms with Crippen LogP contribution in [-0.2, 0) is 66.5 Å². The fraction of sp³-hybridized carbons (Fsp3) is 0.824. The zero-order valence-electron chi connectivity index (χ0n) is 34.4. The Morgan fingerprint density at radius 2 is 0.964 bits per heavy atom. The predicted octanol–water partition coefficient (Wildman–Crippen LogP) is -1.70. The summed E-state index contributed by atoms with van der Waals surface area (Å²) in [5.74, 6) is -2.52. The Bertz CT molecular complexity index is 1040. The van der Waals surface area contributed by atoms with Crippen molar-refractivity contribution in [3.8, 4) is 0 Å². The summed E-state index contributed by atoms with van der Waals surface area (Å²) in [7, 11) is 9.14. The fourth-order valence-electron chi connectivity index (χ4n) is 3.27. The quantitative estimate of drug-likeness (QED) is 0.0440. The summed E-state index contributed by atoms with van der Waals surface area (Å²) >= 11 is 0. The molecule has 0 radical (unpaired) electrons. The van der Waals surface area contributed by atoms with Crippen LogP contribution < -0.4 is 33.2 Å². The molecule has 0 aliphatic carbocycles. The van der Waals surface area contributed by atoms with Gasteiger partial charge in [0.15, 0.2) is 0 Å². The minimum Gasteiger partial charge on any atom is -0.447 e. The van der Waals surface area contributed by atoms with Crippen molar-refractivity contribution in [3.63, 3.8) is 0 Å². The molecule has 0 aromatic heterocycles. The number of carbonyl (C=O) groups is 6. The largest absolute Gasteiger partial charge is 0.447 e. The first-order valence-electron chi connectivity index (χ1n) is 17.7. The van der Waals surface area contributed by atoms with Crippen molar-refractivity contribution >= 4 is 35.8 Å². The first-order valence-corrected chi connectivity index (χ1v) is 17.7. The summed E-state index contributed by atoms with van der Waals surface area (Å²) in [6, 6.07) is 0. The Kier molecular flexibility index (Phi) is 38.3. The van der Waals surface area contributed by atoms with E-state index in [1.807, 2.05) is 0 Å². The third-order valence-corrected chi connectivity index (χ3v) is 6.98. The lowest BCUT2D eigenvalue weighted by Crippen LogP contribution is -2.35. The van der Waals surface area contributed by atoms with Crippen LogP contribution in [0.15, 0.2) is 0 Å². The molecule has 9 N–H and O–H groups in total. The molecule has 0 heterocycles. The lowest BCUT2D eigenvalue weighted by atomic mass is 10.2. The van der Waals surface area contributed by atoms with Crippen LogP contribution in [-0.4, -0.2) is 176 Å². The van der Waals surface area contributed by atoms with Gasteiger partial charge in [-0.3, -0.25) is 19.2 Å². The van der Waals surface area contributed by atoms with Crippen LogP contribution >= 0.6 is 0 Å². The second kappa shape index (κ2) is 38.0. The van der Waals surface area contributed by atoms with Gasteiger partial charge in [0.1, 0.15) is 38.1 Å². The number of alkyl carbamates (subject to hydrolysis) is 2. The first kappa shape index (κ1) is 56.4. The molecule has 0 spiro atoms. The predicted molar refractivity (Wildman–Crippen MR) is 201 cm³/mol. The van der Waals surface area contributed by atoms with Crippen LogP contribution in [0.3, 0.4) is 0 Å². The normalized spacial score (nSPS) is 13.2. The van der Waals surface area contributed by atoms with Gasteiger partial charge in [0.05, 0.1) is 64.0 Å². The van der Waals surface area contributed by atoms with Gasteiger partial charge in [0, 0.05) is 55.7 Å². The van der Waals surface area contributed by atoms with Crippen molar-refractivity contribution in [2.45, 2.75) is 45.5 Å². The van der Waals surface area contributed by atoms with E-state index in [0.717, 1.165) is 0 Å². The lowest BCUT2D eigenvalue weighted by Gasteiger charge is -2.19. The van der Waals surface area contributed by atoms with E-state index >= 15 is 0 Å². The molecule has 22 heteroatoms. The summed E-state index contributed by atoms with van der Waals surface area (Å²) in [5, 5.41) is 7.25. The number of ether oxygens (including phenoxy) is 10. The molecule has 0 aromatic carbocycles. The van der Waals surface area contributed by atoms with Crippen LogP contribution in [0.25, 0.3) is 0 Å². The van der Waals surface area contributed by atoms with Crippen molar-refractivity contribution in [3.05, 3.63) is 0 Å². The van der Waals surface area contributed by atoms with Crippen LogP contribution in [0.5, 0.6) is 0 Å². The number of amides is 6. The van der Waals surface area contributed by atoms with Gasteiger partial charge in [-0.1, -0.05) is 20.8 Å². The molecule has 0 saturated carbocycles. The molecule has 0 rings (SSSR count). The number of nitrogens with one attached hydrogen (secondary N) is 3. The molecule has 0 fully saturated rings. The van der Waals surface area contributed by atoms with E-state index in [9.17, 15) is 28.8 Å². The maximum atomic E-state index is 11.5. The number of hydrogen-bond acceptors (Lipinski definition) is 16. The van der Waals surface area contributed by atoms with Gasteiger partial charge in [0.25, 0.3) is 0 Å². The van der Waals surface area contributed by atoms with Crippen molar-refractivity contribution < 1.29 is 76.1 Å². The molecule has 0 saturated heterocycles. The molecule has 5 atom stereocenters. The minimum absolute atomic E-state index is 0.0247. The van der Waals surface area contributed by atoms with Crippen molar-refractivity contribution in [2.75, 3.05) is 122 Å².